The third kappa shape index (κ3) is 4.03. The van der Waals surface area contributed by atoms with Gasteiger partial charge in [-0.25, -0.2) is 8.42 Å². The quantitative estimate of drug-likeness (QED) is 0.614. The van der Waals surface area contributed by atoms with Crippen molar-refractivity contribution in [3.05, 3.63) is 53.2 Å². The van der Waals surface area contributed by atoms with Crippen LogP contribution in [0.2, 0.25) is 5.02 Å². The van der Waals surface area contributed by atoms with Crippen molar-refractivity contribution in [1.29, 1.82) is 0 Å². The van der Waals surface area contributed by atoms with Crippen LogP contribution < -0.4 is 10.1 Å². The minimum absolute atomic E-state index is 0.00437. The normalized spacial score (nSPS) is 14.9. The fourth-order valence-corrected chi connectivity index (χ4v) is 5.57. The van der Waals surface area contributed by atoms with Crippen LogP contribution in [0.15, 0.2) is 52.0 Å². The van der Waals surface area contributed by atoms with Crippen molar-refractivity contribution >= 4 is 44.2 Å². The Kier molecular flexibility index (Phi) is 5.73. The fourth-order valence-electron chi connectivity index (χ4n) is 3.55. The van der Waals surface area contributed by atoms with Gasteiger partial charge in [0.25, 0.3) is 0 Å². The number of benzene rings is 2. The average Bonchev–Trinajstić information content (AvgIpc) is 3.40. The Labute approximate surface area is 179 Å². The predicted octanol–water partition coefficient (Wildman–Crippen LogP) is 4.06. The van der Waals surface area contributed by atoms with Crippen LogP contribution in [0.3, 0.4) is 0 Å². The summed E-state index contributed by atoms with van der Waals surface area (Å²) < 4.78 is 37.8. The molecule has 1 fully saturated rings. The number of sulfonamides is 1. The van der Waals surface area contributed by atoms with Gasteiger partial charge in [0.1, 0.15) is 16.2 Å². The summed E-state index contributed by atoms with van der Waals surface area (Å²) in [5.41, 5.74) is 1.73. The first-order chi connectivity index (χ1) is 14.4. The smallest absolute Gasteiger partial charge is 0.244 e. The number of methoxy groups -OCH3 is 1. The lowest BCUT2D eigenvalue weighted by Gasteiger charge is -2.17. The molecule has 0 aliphatic carbocycles. The van der Waals surface area contributed by atoms with Crippen LogP contribution in [0, 0.1) is 0 Å². The van der Waals surface area contributed by atoms with Crippen LogP contribution in [0.1, 0.15) is 18.4 Å². The van der Waals surface area contributed by atoms with Gasteiger partial charge >= 0.3 is 0 Å². The maximum atomic E-state index is 12.9. The zero-order chi connectivity index (χ0) is 21.3. The van der Waals surface area contributed by atoms with E-state index in [0.29, 0.717) is 30.1 Å². The second kappa shape index (κ2) is 8.29. The molecule has 30 heavy (non-hydrogen) atoms. The zero-order valence-corrected chi connectivity index (χ0v) is 17.9. The number of anilines is 1. The fraction of sp³-hybridized carbons (Fsp3) is 0.286. The van der Waals surface area contributed by atoms with Crippen LogP contribution in [0.25, 0.3) is 11.0 Å². The number of hydrogen-bond acceptors (Lipinski definition) is 5. The lowest BCUT2D eigenvalue weighted by atomic mass is 10.1. The number of hydrogen-bond donors (Lipinski definition) is 1. The van der Waals surface area contributed by atoms with Crippen LogP contribution >= 0.6 is 11.6 Å². The lowest BCUT2D eigenvalue weighted by Crippen LogP contribution is -2.28. The Hall–Kier alpha value is -2.55. The molecule has 0 radical (unpaired) electrons. The minimum Gasteiger partial charge on any atom is -0.497 e. The summed E-state index contributed by atoms with van der Waals surface area (Å²) in [7, 11) is -2.12. The molecule has 3 aromatic rings. The zero-order valence-electron chi connectivity index (χ0n) is 16.4. The first-order valence-electron chi connectivity index (χ1n) is 9.52. The molecule has 1 N–H and O–H groups in total. The Bertz CT molecular complexity index is 1200. The molecule has 0 unspecified atom stereocenters. The predicted molar refractivity (Wildman–Crippen MR) is 115 cm³/mol. The van der Waals surface area contributed by atoms with Gasteiger partial charge in [0.2, 0.25) is 15.9 Å². The summed E-state index contributed by atoms with van der Waals surface area (Å²) >= 11 is 6.16. The van der Waals surface area contributed by atoms with Crippen molar-refractivity contribution < 1.29 is 22.4 Å². The first-order valence-corrected chi connectivity index (χ1v) is 11.3. The van der Waals surface area contributed by atoms with Crippen molar-refractivity contribution in [3.63, 3.8) is 0 Å². The molecule has 1 aliphatic rings. The Balaban J connectivity index is 1.53. The van der Waals surface area contributed by atoms with Crippen molar-refractivity contribution in [2.75, 3.05) is 25.5 Å². The number of ether oxygens (including phenoxy) is 1. The van der Waals surface area contributed by atoms with Crippen LogP contribution in [-0.2, 0) is 21.2 Å². The van der Waals surface area contributed by atoms with Crippen molar-refractivity contribution in [2.45, 2.75) is 24.2 Å². The molecule has 0 spiro atoms. The molecule has 4 rings (SSSR count). The Morgan fingerprint density at radius 3 is 2.70 bits per heavy atom. The maximum absolute atomic E-state index is 12.9. The number of carbonyl (C=O) groups is 1. The molecule has 9 heteroatoms. The molecule has 0 saturated carbocycles. The van der Waals surface area contributed by atoms with Crippen molar-refractivity contribution in [2.24, 2.45) is 0 Å². The van der Waals surface area contributed by atoms with E-state index in [1.807, 2.05) is 6.07 Å². The van der Waals surface area contributed by atoms with E-state index in [0.717, 1.165) is 23.8 Å². The van der Waals surface area contributed by atoms with E-state index in [4.69, 9.17) is 20.8 Å². The van der Waals surface area contributed by atoms with Gasteiger partial charge in [0.15, 0.2) is 0 Å². The van der Waals surface area contributed by atoms with Gasteiger partial charge in [0.05, 0.1) is 24.8 Å². The highest BCUT2D eigenvalue weighted by Gasteiger charge is 2.29. The summed E-state index contributed by atoms with van der Waals surface area (Å²) in [5, 5.41) is 3.70. The molecule has 2 heterocycles. The summed E-state index contributed by atoms with van der Waals surface area (Å²) in [6.45, 7) is 0.960. The van der Waals surface area contributed by atoms with Gasteiger partial charge in [0, 0.05) is 35.8 Å². The Morgan fingerprint density at radius 2 is 1.97 bits per heavy atom. The van der Waals surface area contributed by atoms with Crippen LogP contribution in [-0.4, -0.2) is 38.8 Å². The maximum Gasteiger partial charge on any atom is 0.244 e. The van der Waals surface area contributed by atoms with Gasteiger partial charge < -0.3 is 14.5 Å². The topological polar surface area (TPSA) is 88.8 Å². The standard InChI is InChI=1S/C21H21ClN2O5S/c1-28-16-5-6-17-14(13-29-19(17)12-16)10-21(25)23-15-4-7-18(22)20(11-15)30(26,27)24-8-2-3-9-24/h4-7,11-13H,2-3,8-10H2,1H3,(H,23,25). The van der Waals surface area contributed by atoms with Gasteiger partial charge in [-0.2, -0.15) is 4.31 Å². The van der Waals surface area contributed by atoms with E-state index < -0.39 is 10.0 Å². The number of rotatable bonds is 6. The number of nitrogens with zero attached hydrogens (tertiary/aromatic N) is 1. The SMILES string of the molecule is COc1ccc2c(CC(=O)Nc3ccc(Cl)c(S(=O)(=O)N4CCCC4)c3)coc2c1. The number of amides is 1. The summed E-state index contributed by atoms with van der Waals surface area (Å²) in [6, 6.07) is 9.87. The third-order valence-electron chi connectivity index (χ3n) is 5.11. The number of carbonyl (C=O) groups excluding carboxylic acids is 1. The molecule has 1 saturated heterocycles. The van der Waals surface area contributed by atoms with Gasteiger partial charge in [-0.05, 0) is 43.2 Å². The molecular weight excluding hydrogens is 428 g/mol. The average molecular weight is 449 g/mol. The lowest BCUT2D eigenvalue weighted by molar-refractivity contribution is -0.115. The summed E-state index contributed by atoms with van der Waals surface area (Å²) in [6.07, 6.45) is 3.28. The summed E-state index contributed by atoms with van der Waals surface area (Å²) in [5.74, 6) is 0.376. The highest BCUT2D eigenvalue weighted by molar-refractivity contribution is 7.89. The Morgan fingerprint density at radius 1 is 1.20 bits per heavy atom. The third-order valence-corrected chi connectivity index (χ3v) is 7.49. The van der Waals surface area contributed by atoms with E-state index in [1.165, 1.54) is 22.7 Å². The number of fused-ring (bicyclic) bond motifs is 1. The molecule has 7 nitrogen and oxygen atoms in total. The highest BCUT2D eigenvalue weighted by atomic mass is 35.5. The largest absolute Gasteiger partial charge is 0.497 e. The molecule has 0 bridgehead atoms. The number of halogens is 1. The van der Waals surface area contributed by atoms with Crippen molar-refractivity contribution in [3.8, 4) is 5.75 Å². The van der Waals surface area contributed by atoms with Gasteiger partial charge in [-0.3, -0.25) is 4.79 Å². The molecule has 1 aromatic heterocycles. The van der Waals surface area contributed by atoms with Gasteiger partial charge in [-0.15, -0.1) is 0 Å². The van der Waals surface area contributed by atoms with Crippen molar-refractivity contribution in [1.82, 2.24) is 4.31 Å². The summed E-state index contributed by atoms with van der Waals surface area (Å²) in [4.78, 5) is 12.6. The number of nitrogens with one attached hydrogen (secondary N) is 1. The second-order valence-corrected chi connectivity index (χ2v) is 9.42. The van der Waals surface area contributed by atoms with E-state index in [1.54, 1.807) is 25.3 Å². The molecule has 0 atom stereocenters. The molecular formula is C21H21ClN2O5S. The minimum atomic E-state index is -3.69. The monoisotopic (exact) mass is 448 g/mol. The van der Waals surface area contributed by atoms with Gasteiger partial charge in [-0.1, -0.05) is 11.6 Å². The van der Waals surface area contributed by atoms with Crippen LogP contribution in [0.5, 0.6) is 5.75 Å². The molecule has 2 aromatic carbocycles. The highest BCUT2D eigenvalue weighted by Crippen LogP contribution is 2.30. The van der Waals surface area contributed by atoms with E-state index in [-0.39, 0.29) is 22.2 Å². The molecule has 158 valence electrons. The first kappa shape index (κ1) is 20.7. The molecule has 1 amide bonds. The second-order valence-electron chi connectivity index (χ2n) is 7.10. The van der Waals surface area contributed by atoms with Crippen LogP contribution in [0.4, 0.5) is 5.69 Å². The van der Waals surface area contributed by atoms with E-state index >= 15 is 0 Å². The molecule has 1 aliphatic heterocycles. The van der Waals surface area contributed by atoms with E-state index in [2.05, 4.69) is 5.32 Å². The number of furan rings is 1. The van der Waals surface area contributed by atoms with E-state index in [9.17, 15) is 13.2 Å².